The fourth-order valence-electron chi connectivity index (χ4n) is 2.45. The summed E-state index contributed by atoms with van der Waals surface area (Å²) in [4.78, 5) is 27.9. The van der Waals surface area contributed by atoms with E-state index in [0.717, 1.165) is 22.2 Å². The number of carbonyl (C=O) groups excluding carboxylic acids is 2. The van der Waals surface area contributed by atoms with Crippen LogP contribution in [0.1, 0.15) is 22.3 Å². The van der Waals surface area contributed by atoms with E-state index in [4.69, 9.17) is 0 Å². The monoisotopic (exact) mass is 463 g/mol. The van der Waals surface area contributed by atoms with Crippen LogP contribution in [0.2, 0.25) is 0 Å². The van der Waals surface area contributed by atoms with Crippen molar-refractivity contribution in [1.82, 2.24) is 20.1 Å². The van der Waals surface area contributed by atoms with Crippen molar-refractivity contribution in [3.63, 3.8) is 0 Å². The largest absolute Gasteiger partial charge is 0.351 e. The molecule has 2 amide bonds. The first-order valence-electron chi connectivity index (χ1n) is 8.58. The molecule has 0 saturated carbocycles. The average molecular weight is 464 g/mol. The van der Waals surface area contributed by atoms with Gasteiger partial charge in [0.2, 0.25) is 11.9 Å². The molecule has 0 aliphatic rings. The summed E-state index contributed by atoms with van der Waals surface area (Å²) in [6, 6.07) is 10.4. The highest BCUT2D eigenvalue weighted by atomic mass is 79.9. The molecule has 0 saturated heterocycles. The van der Waals surface area contributed by atoms with Gasteiger partial charge in [-0.1, -0.05) is 28.1 Å². The van der Waals surface area contributed by atoms with Gasteiger partial charge in [-0.25, -0.2) is 18.4 Å². The fraction of sp³-hybridized carbons (Fsp3) is 0.158. The second kappa shape index (κ2) is 9.37. The van der Waals surface area contributed by atoms with Crippen LogP contribution in [0.4, 0.5) is 14.7 Å². The Morgan fingerprint density at radius 3 is 2.59 bits per heavy atom. The number of carbonyl (C=O) groups is 2. The maximum atomic E-state index is 13.6. The summed E-state index contributed by atoms with van der Waals surface area (Å²) in [5.41, 5.74) is 0.729. The lowest BCUT2D eigenvalue weighted by atomic mass is 10.2. The molecule has 2 N–H and O–H groups in total. The number of halogens is 3. The van der Waals surface area contributed by atoms with Crippen LogP contribution in [0, 0.1) is 11.6 Å². The normalized spacial score (nSPS) is 10.6. The van der Waals surface area contributed by atoms with Crippen LogP contribution in [0.15, 0.2) is 53.3 Å². The van der Waals surface area contributed by atoms with E-state index in [1.807, 2.05) is 24.3 Å². The molecule has 0 unspecified atom stereocenters. The Balaban J connectivity index is 1.45. The van der Waals surface area contributed by atoms with Gasteiger partial charge in [0.1, 0.15) is 18.0 Å². The molecule has 0 atom stereocenters. The minimum atomic E-state index is -0.965. The van der Waals surface area contributed by atoms with Crippen molar-refractivity contribution >= 4 is 33.7 Å². The molecule has 3 aromatic rings. The van der Waals surface area contributed by atoms with Crippen LogP contribution >= 0.6 is 15.9 Å². The van der Waals surface area contributed by atoms with Crippen LogP contribution in [-0.4, -0.2) is 33.1 Å². The average Bonchev–Trinajstić information content (AvgIpc) is 3.10. The minimum Gasteiger partial charge on any atom is -0.351 e. The zero-order valence-corrected chi connectivity index (χ0v) is 16.6. The number of hydrogen-bond acceptors (Lipinski definition) is 4. The van der Waals surface area contributed by atoms with Crippen molar-refractivity contribution < 1.29 is 18.4 Å². The molecule has 1 aromatic heterocycles. The summed E-state index contributed by atoms with van der Waals surface area (Å²) in [6.07, 6.45) is 1.44. The molecule has 150 valence electrons. The van der Waals surface area contributed by atoms with Gasteiger partial charge in [-0.05, 0) is 29.8 Å². The lowest BCUT2D eigenvalue weighted by molar-refractivity contribution is -0.116. The van der Waals surface area contributed by atoms with Crippen LogP contribution in [0.25, 0.3) is 0 Å². The molecular formula is C19H16BrF2N5O2. The number of nitrogens with one attached hydrogen (secondary N) is 2. The Kier molecular flexibility index (Phi) is 6.65. The number of anilines is 1. The summed E-state index contributed by atoms with van der Waals surface area (Å²) < 4.78 is 29.0. The van der Waals surface area contributed by atoms with Crippen molar-refractivity contribution in [3.8, 4) is 0 Å². The Labute approximate surface area is 173 Å². The van der Waals surface area contributed by atoms with E-state index < -0.39 is 23.4 Å². The van der Waals surface area contributed by atoms with E-state index in [1.165, 1.54) is 6.33 Å². The molecule has 0 aliphatic heterocycles. The van der Waals surface area contributed by atoms with Crippen LogP contribution in [-0.2, 0) is 11.3 Å². The fourth-order valence-corrected chi connectivity index (χ4v) is 2.71. The van der Waals surface area contributed by atoms with Crippen LogP contribution in [0.3, 0.4) is 0 Å². The van der Waals surface area contributed by atoms with Gasteiger partial charge in [0.25, 0.3) is 5.91 Å². The maximum Gasteiger partial charge on any atom is 0.254 e. The minimum absolute atomic E-state index is 0.0267. The van der Waals surface area contributed by atoms with Gasteiger partial charge in [-0.2, -0.15) is 0 Å². The van der Waals surface area contributed by atoms with Crippen molar-refractivity contribution in [2.24, 2.45) is 0 Å². The molecule has 0 bridgehead atoms. The van der Waals surface area contributed by atoms with Crippen molar-refractivity contribution in [3.05, 3.63) is 76.0 Å². The van der Waals surface area contributed by atoms with E-state index in [-0.39, 0.29) is 24.5 Å². The molecule has 7 nitrogen and oxygen atoms in total. The summed E-state index contributed by atoms with van der Waals surface area (Å²) >= 11 is 3.37. The lowest BCUT2D eigenvalue weighted by Gasteiger charge is -2.06. The van der Waals surface area contributed by atoms with E-state index in [1.54, 1.807) is 4.68 Å². The summed E-state index contributed by atoms with van der Waals surface area (Å²) in [6.45, 7) is 0.469. The molecular weight excluding hydrogens is 448 g/mol. The second-order valence-electron chi connectivity index (χ2n) is 6.07. The molecule has 2 aromatic carbocycles. The molecule has 3 rings (SSSR count). The number of rotatable bonds is 7. The van der Waals surface area contributed by atoms with Gasteiger partial charge in [0.05, 0.1) is 12.1 Å². The number of benzene rings is 2. The van der Waals surface area contributed by atoms with Crippen LogP contribution < -0.4 is 10.6 Å². The Morgan fingerprint density at radius 2 is 1.86 bits per heavy atom. The zero-order valence-electron chi connectivity index (χ0n) is 15.0. The number of amides is 2. The number of hydrogen-bond donors (Lipinski definition) is 2. The predicted molar refractivity (Wildman–Crippen MR) is 105 cm³/mol. The number of aromatic nitrogens is 3. The van der Waals surface area contributed by atoms with Gasteiger partial charge in [-0.15, -0.1) is 5.10 Å². The van der Waals surface area contributed by atoms with E-state index >= 15 is 0 Å². The molecule has 1 heterocycles. The van der Waals surface area contributed by atoms with Gasteiger partial charge >= 0.3 is 0 Å². The summed E-state index contributed by atoms with van der Waals surface area (Å²) in [5, 5.41) is 9.10. The molecule has 0 spiro atoms. The SMILES string of the molecule is O=C(CCNC(=O)c1ccc(F)cc1F)Nc1ncn(Cc2ccc(Br)cc2)n1. The summed E-state index contributed by atoms with van der Waals surface area (Å²) in [7, 11) is 0. The van der Waals surface area contributed by atoms with E-state index in [9.17, 15) is 18.4 Å². The first-order valence-corrected chi connectivity index (χ1v) is 9.37. The lowest BCUT2D eigenvalue weighted by Crippen LogP contribution is -2.28. The number of nitrogens with zero attached hydrogens (tertiary/aromatic N) is 3. The highest BCUT2D eigenvalue weighted by Gasteiger charge is 2.13. The Hall–Kier alpha value is -3.14. The van der Waals surface area contributed by atoms with Crippen molar-refractivity contribution in [2.45, 2.75) is 13.0 Å². The Morgan fingerprint density at radius 1 is 1.10 bits per heavy atom. The second-order valence-corrected chi connectivity index (χ2v) is 6.99. The predicted octanol–water partition coefficient (Wildman–Crippen LogP) is 3.13. The first-order chi connectivity index (χ1) is 13.9. The molecule has 10 heteroatoms. The Bertz CT molecular complexity index is 1020. The summed E-state index contributed by atoms with van der Waals surface area (Å²) in [5.74, 6) is -2.74. The molecule has 29 heavy (non-hydrogen) atoms. The molecule has 0 aliphatic carbocycles. The highest BCUT2D eigenvalue weighted by molar-refractivity contribution is 9.10. The van der Waals surface area contributed by atoms with Gasteiger partial charge in [-0.3, -0.25) is 14.9 Å². The quantitative estimate of drug-likeness (QED) is 0.563. The third-order valence-corrected chi connectivity index (χ3v) is 4.39. The highest BCUT2D eigenvalue weighted by Crippen LogP contribution is 2.12. The molecule has 0 fully saturated rings. The maximum absolute atomic E-state index is 13.6. The van der Waals surface area contributed by atoms with Gasteiger partial charge in [0.15, 0.2) is 0 Å². The molecule has 0 radical (unpaired) electrons. The third kappa shape index (κ3) is 5.92. The zero-order chi connectivity index (χ0) is 20.8. The van der Waals surface area contributed by atoms with E-state index in [0.29, 0.717) is 12.6 Å². The smallest absolute Gasteiger partial charge is 0.254 e. The van der Waals surface area contributed by atoms with Crippen LogP contribution in [0.5, 0.6) is 0 Å². The first kappa shape index (κ1) is 20.6. The van der Waals surface area contributed by atoms with Gasteiger partial charge in [0, 0.05) is 23.5 Å². The van der Waals surface area contributed by atoms with Gasteiger partial charge < -0.3 is 5.32 Å². The van der Waals surface area contributed by atoms with Crippen molar-refractivity contribution in [1.29, 1.82) is 0 Å². The standard InChI is InChI=1S/C19H16BrF2N5O2/c20-13-3-1-12(2-4-13)10-27-11-24-19(26-27)25-17(28)7-8-23-18(29)15-6-5-14(21)9-16(15)22/h1-6,9,11H,7-8,10H2,(H,23,29)(H,25,26,28). The third-order valence-electron chi connectivity index (χ3n) is 3.86. The van der Waals surface area contributed by atoms with Crippen molar-refractivity contribution in [2.75, 3.05) is 11.9 Å². The van der Waals surface area contributed by atoms with E-state index in [2.05, 4.69) is 36.6 Å². The topological polar surface area (TPSA) is 88.9 Å².